The zero-order chi connectivity index (χ0) is 22.9. The average molecular weight is 452 g/mol. The maximum absolute atomic E-state index is 13.7. The summed E-state index contributed by atoms with van der Waals surface area (Å²) in [4.78, 5) is 14.9. The third-order valence-corrected chi connectivity index (χ3v) is 5.49. The third-order valence-electron chi connectivity index (χ3n) is 5.20. The van der Waals surface area contributed by atoms with E-state index in [-0.39, 0.29) is 17.5 Å². The lowest BCUT2D eigenvalue weighted by Crippen LogP contribution is -2.31. The van der Waals surface area contributed by atoms with Crippen molar-refractivity contribution in [2.24, 2.45) is 0 Å². The van der Waals surface area contributed by atoms with Gasteiger partial charge >= 0.3 is 0 Å². The fourth-order valence-corrected chi connectivity index (χ4v) is 3.57. The molecule has 1 amide bonds. The molecule has 0 radical (unpaired) electrons. The Hall–Kier alpha value is -3.11. The van der Waals surface area contributed by atoms with E-state index in [9.17, 15) is 9.18 Å². The summed E-state index contributed by atoms with van der Waals surface area (Å²) >= 11 is 6.00. The number of para-hydroxylation sites is 1. The van der Waals surface area contributed by atoms with Crippen LogP contribution in [0.4, 0.5) is 10.1 Å². The number of nitrogens with zero attached hydrogens (tertiary/aromatic N) is 1. The van der Waals surface area contributed by atoms with Crippen molar-refractivity contribution in [3.8, 4) is 5.75 Å². The minimum Gasteiger partial charge on any atom is -0.496 e. The molecule has 166 valence electrons. The number of hydrogen-bond donors (Lipinski definition) is 0. The summed E-state index contributed by atoms with van der Waals surface area (Å²) in [5, 5.41) is -0.0241. The molecule has 0 unspecified atom stereocenters. The highest BCUT2D eigenvalue weighted by molar-refractivity contribution is 6.31. The van der Waals surface area contributed by atoms with Crippen LogP contribution in [0.5, 0.6) is 5.75 Å². The molecule has 0 aliphatic heterocycles. The molecule has 3 aromatic rings. The molecule has 32 heavy (non-hydrogen) atoms. The van der Waals surface area contributed by atoms with Crippen LogP contribution in [-0.4, -0.2) is 19.6 Å². The predicted octanol–water partition coefficient (Wildman–Crippen LogP) is 7.19. The number of carbonyl (C=O) groups is 1. The van der Waals surface area contributed by atoms with Crippen LogP contribution < -0.4 is 9.64 Å². The van der Waals surface area contributed by atoms with Gasteiger partial charge < -0.3 is 9.64 Å². The van der Waals surface area contributed by atoms with Crippen molar-refractivity contribution in [2.75, 3.05) is 18.6 Å². The number of carbonyl (C=O) groups excluding carboxylic acids is 1. The fourth-order valence-electron chi connectivity index (χ4n) is 3.40. The second-order valence-corrected chi connectivity index (χ2v) is 7.87. The lowest BCUT2D eigenvalue weighted by molar-refractivity contribution is 0.0989. The van der Waals surface area contributed by atoms with Gasteiger partial charge in [0.1, 0.15) is 11.6 Å². The van der Waals surface area contributed by atoms with Crippen molar-refractivity contribution in [2.45, 2.75) is 26.2 Å². The van der Waals surface area contributed by atoms with Crippen LogP contribution >= 0.6 is 11.6 Å². The minimum atomic E-state index is -0.521. The highest BCUT2D eigenvalue weighted by atomic mass is 35.5. The summed E-state index contributed by atoms with van der Waals surface area (Å²) in [5.41, 5.74) is 3.20. The van der Waals surface area contributed by atoms with Crippen LogP contribution in [0.25, 0.3) is 6.08 Å². The van der Waals surface area contributed by atoms with Crippen molar-refractivity contribution < 1.29 is 13.9 Å². The SMILES string of the molecule is CCCCc1ccc(C(=O)N(C/C=C/c2ccccc2OC)c2ccc(F)c(Cl)c2)cc1. The summed E-state index contributed by atoms with van der Waals surface area (Å²) in [5.74, 6) is 0.0428. The molecule has 0 spiro atoms. The van der Waals surface area contributed by atoms with Gasteiger partial charge in [0.2, 0.25) is 0 Å². The van der Waals surface area contributed by atoms with E-state index in [1.165, 1.54) is 17.7 Å². The molecule has 0 atom stereocenters. The van der Waals surface area contributed by atoms with Gasteiger partial charge in [-0.3, -0.25) is 4.79 Å². The average Bonchev–Trinajstić information content (AvgIpc) is 2.82. The fraction of sp³-hybridized carbons (Fsp3) is 0.222. The maximum atomic E-state index is 13.7. The van der Waals surface area contributed by atoms with Crippen molar-refractivity contribution in [1.29, 1.82) is 0 Å². The summed E-state index contributed by atoms with van der Waals surface area (Å²) < 4.78 is 19.1. The zero-order valence-electron chi connectivity index (χ0n) is 18.4. The van der Waals surface area contributed by atoms with E-state index in [4.69, 9.17) is 16.3 Å². The number of methoxy groups -OCH3 is 1. The largest absolute Gasteiger partial charge is 0.496 e. The van der Waals surface area contributed by atoms with Gasteiger partial charge in [0.25, 0.3) is 5.91 Å². The van der Waals surface area contributed by atoms with Crippen LogP contribution in [0.3, 0.4) is 0 Å². The van der Waals surface area contributed by atoms with Gasteiger partial charge in [-0.25, -0.2) is 4.39 Å². The number of anilines is 1. The molecule has 3 rings (SSSR count). The molecule has 0 N–H and O–H groups in total. The molecule has 5 heteroatoms. The quantitative estimate of drug-likeness (QED) is 0.344. The highest BCUT2D eigenvalue weighted by Crippen LogP contribution is 2.25. The van der Waals surface area contributed by atoms with Crippen molar-refractivity contribution >= 4 is 29.3 Å². The Morgan fingerprint density at radius 2 is 1.84 bits per heavy atom. The van der Waals surface area contributed by atoms with E-state index in [1.54, 1.807) is 18.1 Å². The van der Waals surface area contributed by atoms with E-state index in [0.29, 0.717) is 11.3 Å². The van der Waals surface area contributed by atoms with Gasteiger partial charge in [-0.15, -0.1) is 0 Å². The van der Waals surface area contributed by atoms with Gasteiger partial charge in [0, 0.05) is 23.4 Å². The molecule has 0 aliphatic carbocycles. The molecule has 0 aliphatic rings. The minimum absolute atomic E-state index is 0.0241. The standard InChI is InChI=1S/C27H27ClFNO2/c1-3-4-8-20-12-14-22(15-13-20)27(31)30(23-16-17-25(29)24(28)19-23)18-7-10-21-9-5-6-11-26(21)32-2/h5-7,9-17,19H,3-4,8,18H2,1-2H3/b10-7+. The molecule has 3 nitrogen and oxygen atoms in total. The van der Waals surface area contributed by atoms with E-state index < -0.39 is 5.82 Å². The maximum Gasteiger partial charge on any atom is 0.258 e. The van der Waals surface area contributed by atoms with Crippen molar-refractivity contribution in [1.82, 2.24) is 0 Å². The Bertz CT molecular complexity index is 1080. The highest BCUT2D eigenvalue weighted by Gasteiger charge is 2.18. The summed E-state index contributed by atoms with van der Waals surface area (Å²) in [6.07, 6.45) is 7.00. The van der Waals surface area contributed by atoms with Crippen LogP contribution in [0, 0.1) is 5.82 Å². The van der Waals surface area contributed by atoms with Crippen LogP contribution in [-0.2, 0) is 6.42 Å². The molecular weight excluding hydrogens is 425 g/mol. The van der Waals surface area contributed by atoms with E-state index in [1.807, 2.05) is 60.7 Å². The summed E-state index contributed by atoms with van der Waals surface area (Å²) in [6, 6.07) is 19.6. The number of hydrogen-bond acceptors (Lipinski definition) is 2. The van der Waals surface area contributed by atoms with E-state index in [2.05, 4.69) is 6.92 Å². The molecule has 0 saturated heterocycles. The van der Waals surface area contributed by atoms with Crippen LogP contribution in [0.2, 0.25) is 5.02 Å². The number of rotatable bonds is 9. The Morgan fingerprint density at radius 3 is 2.53 bits per heavy atom. The normalized spacial score (nSPS) is 11.0. The molecule has 0 fully saturated rings. The van der Waals surface area contributed by atoms with Crippen LogP contribution in [0.15, 0.2) is 72.8 Å². The second kappa shape index (κ2) is 11.5. The first-order chi connectivity index (χ1) is 15.5. The third kappa shape index (κ3) is 5.98. The predicted molar refractivity (Wildman–Crippen MR) is 130 cm³/mol. The molecule has 0 aromatic heterocycles. The number of unbranched alkanes of at least 4 members (excludes halogenated alkanes) is 1. The first-order valence-electron chi connectivity index (χ1n) is 10.7. The van der Waals surface area contributed by atoms with Gasteiger partial charge in [0.05, 0.1) is 12.1 Å². The second-order valence-electron chi connectivity index (χ2n) is 7.46. The lowest BCUT2D eigenvalue weighted by Gasteiger charge is -2.22. The summed E-state index contributed by atoms with van der Waals surface area (Å²) in [7, 11) is 1.62. The molecule has 3 aromatic carbocycles. The number of halogens is 2. The lowest BCUT2D eigenvalue weighted by atomic mass is 10.1. The van der Waals surface area contributed by atoms with Gasteiger partial charge in [-0.05, 0) is 54.8 Å². The number of amides is 1. The van der Waals surface area contributed by atoms with Gasteiger partial charge in [0.15, 0.2) is 0 Å². The summed E-state index contributed by atoms with van der Waals surface area (Å²) in [6.45, 7) is 2.44. The Labute approximate surface area is 194 Å². The topological polar surface area (TPSA) is 29.5 Å². The number of ether oxygens (including phenoxy) is 1. The van der Waals surface area contributed by atoms with Crippen LogP contribution in [0.1, 0.15) is 41.3 Å². The number of aryl methyl sites for hydroxylation is 1. The van der Waals surface area contributed by atoms with Crippen molar-refractivity contribution in [3.63, 3.8) is 0 Å². The molecule has 0 bridgehead atoms. The van der Waals surface area contributed by atoms with E-state index >= 15 is 0 Å². The van der Waals surface area contributed by atoms with Gasteiger partial charge in [-0.2, -0.15) is 0 Å². The molecule has 0 heterocycles. The van der Waals surface area contributed by atoms with Gasteiger partial charge in [-0.1, -0.05) is 67.4 Å². The van der Waals surface area contributed by atoms with E-state index in [0.717, 1.165) is 30.6 Å². The monoisotopic (exact) mass is 451 g/mol. The Balaban J connectivity index is 1.87. The first kappa shape index (κ1) is 23.6. The molecule has 0 saturated carbocycles. The zero-order valence-corrected chi connectivity index (χ0v) is 19.1. The first-order valence-corrected chi connectivity index (χ1v) is 11.1. The number of benzene rings is 3. The molecular formula is C27H27ClFNO2. The smallest absolute Gasteiger partial charge is 0.258 e. The Morgan fingerprint density at radius 1 is 1.09 bits per heavy atom. The Kier molecular flexibility index (Phi) is 8.46. The van der Waals surface area contributed by atoms with Crippen molar-refractivity contribution in [3.05, 3.63) is 100 Å².